The van der Waals surface area contributed by atoms with Gasteiger partial charge in [0.1, 0.15) is 4.83 Å². The summed E-state index contributed by atoms with van der Waals surface area (Å²) < 4.78 is 5.43. The van der Waals surface area contributed by atoms with Gasteiger partial charge in [0.05, 0.1) is 5.39 Å². The summed E-state index contributed by atoms with van der Waals surface area (Å²) >= 11 is 3.18. The molecule has 132 valence electrons. The van der Waals surface area contributed by atoms with Gasteiger partial charge in [-0.15, -0.1) is 22.7 Å². The summed E-state index contributed by atoms with van der Waals surface area (Å²) in [5, 5.41) is 2.66. The van der Waals surface area contributed by atoms with Gasteiger partial charge in [-0.1, -0.05) is 6.07 Å². The second kappa shape index (κ2) is 7.49. The summed E-state index contributed by atoms with van der Waals surface area (Å²) in [5.74, 6) is 0.121. The van der Waals surface area contributed by atoms with E-state index in [9.17, 15) is 9.59 Å². The van der Waals surface area contributed by atoms with E-state index in [2.05, 4.69) is 16.0 Å². The second-order valence-electron chi connectivity index (χ2n) is 5.98. The van der Waals surface area contributed by atoms with Crippen molar-refractivity contribution in [1.29, 1.82) is 0 Å². The highest BCUT2D eigenvalue weighted by atomic mass is 32.1. The number of rotatable bonds is 6. The first-order valence-electron chi connectivity index (χ1n) is 8.17. The van der Waals surface area contributed by atoms with E-state index < -0.39 is 6.10 Å². The quantitative estimate of drug-likeness (QED) is 0.652. The van der Waals surface area contributed by atoms with Gasteiger partial charge >= 0.3 is 5.97 Å². The number of carbonyl (C=O) groups is 1. The summed E-state index contributed by atoms with van der Waals surface area (Å²) in [5.41, 5.74) is 0.779. The minimum absolute atomic E-state index is 0.178. The monoisotopic (exact) mass is 376 g/mol. The van der Waals surface area contributed by atoms with Crippen LogP contribution in [-0.2, 0) is 16.0 Å². The number of H-pyrrole nitrogens is 1. The van der Waals surface area contributed by atoms with E-state index in [1.165, 1.54) is 16.2 Å². The fourth-order valence-electron chi connectivity index (χ4n) is 2.64. The fourth-order valence-corrected chi connectivity index (χ4v) is 4.43. The molecular formula is C18H20N2O3S2. The van der Waals surface area contributed by atoms with Crippen LogP contribution in [0.15, 0.2) is 22.3 Å². The van der Waals surface area contributed by atoms with Crippen LogP contribution in [0, 0.1) is 13.8 Å². The third kappa shape index (κ3) is 3.99. The van der Waals surface area contributed by atoms with Crippen molar-refractivity contribution in [3.05, 3.63) is 49.0 Å². The van der Waals surface area contributed by atoms with Crippen LogP contribution in [0.3, 0.4) is 0 Å². The van der Waals surface area contributed by atoms with Gasteiger partial charge in [-0.3, -0.25) is 9.59 Å². The van der Waals surface area contributed by atoms with Crippen molar-refractivity contribution < 1.29 is 9.53 Å². The Morgan fingerprint density at radius 3 is 2.92 bits per heavy atom. The maximum Gasteiger partial charge on any atom is 0.306 e. The topological polar surface area (TPSA) is 72.0 Å². The first kappa shape index (κ1) is 17.8. The number of ether oxygens (including phenoxy) is 1. The van der Waals surface area contributed by atoms with E-state index in [1.54, 1.807) is 18.3 Å². The summed E-state index contributed by atoms with van der Waals surface area (Å²) in [4.78, 5) is 34.6. The molecule has 7 heteroatoms. The molecule has 0 aliphatic heterocycles. The lowest BCUT2D eigenvalue weighted by molar-refractivity contribution is -0.149. The van der Waals surface area contributed by atoms with Crippen LogP contribution in [0.25, 0.3) is 10.2 Å². The van der Waals surface area contributed by atoms with E-state index in [1.807, 2.05) is 25.3 Å². The minimum atomic E-state index is -0.575. The van der Waals surface area contributed by atoms with Crippen molar-refractivity contribution in [1.82, 2.24) is 9.97 Å². The van der Waals surface area contributed by atoms with E-state index in [0.29, 0.717) is 22.5 Å². The highest BCUT2D eigenvalue weighted by molar-refractivity contribution is 7.18. The van der Waals surface area contributed by atoms with Crippen molar-refractivity contribution in [2.75, 3.05) is 0 Å². The van der Waals surface area contributed by atoms with Crippen molar-refractivity contribution in [3.8, 4) is 0 Å². The molecule has 3 aromatic rings. The largest absolute Gasteiger partial charge is 0.454 e. The van der Waals surface area contributed by atoms with Gasteiger partial charge in [-0.2, -0.15) is 0 Å². The van der Waals surface area contributed by atoms with Crippen LogP contribution in [0.1, 0.15) is 47.0 Å². The number of hydrogen-bond donors (Lipinski definition) is 1. The normalized spacial score (nSPS) is 12.4. The molecule has 0 aliphatic rings. The van der Waals surface area contributed by atoms with E-state index in [4.69, 9.17) is 4.74 Å². The Kier molecular flexibility index (Phi) is 5.34. The van der Waals surface area contributed by atoms with Crippen molar-refractivity contribution in [3.63, 3.8) is 0 Å². The van der Waals surface area contributed by atoms with E-state index in [0.717, 1.165) is 23.3 Å². The molecule has 3 rings (SSSR count). The SMILES string of the molecule is Cc1sc2nc([C@@H](C)OC(=O)CCCc3cccs3)[nH]c(=O)c2c1C. The van der Waals surface area contributed by atoms with Crippen LogP contribution in [0.5, 0.6) is 0 Å². The molecule has 25 heavy (non-hydrogen) atoms. The van der Waals surface area contributed by atoms with Crippen LogP contribution in [-0.4, -0.2) is 15.9 Å². The molecule has 3 heterocycles. The third-order valence-electron chi connectivity index (χ3n) is 4.13. The van der Waals surface area contributed by atoms with Crippen molar-refractivity contribution >= 4 is 38.9 Å². The van der Waals surface area contributed by atoms with Gasteiger partial charge in [0.2, 0.25) is 0 Å². The molecule has 0 aromatic carbocycles. The summed E-state index contributed by atoms with van der Waals surface area (Å²) in [6, 6.07) is 4.07. The Hall–Kier alpha value is -1.99. The van der Waals surface area contributed by atoms with Crippen LogP contribution >= 0.6 is 22.7 Å². The van der Waals surface area contributed by atoms with Crippen molar-refractivity contribution in [2.24, 2.45) is 0 Å². The van der Waals surface area contributed by atoms with Gasteiger partial charge in [0.15, 0.2) is 11.9 Å². The summed E-state index contributed by atoms with van der Waals surface area (Å²) in [7, 11) is 0. The molecule has 0 saturated heterocycles. The standard InChI is InChI=1S/C18H20N2O3S2/c1-10-12(3)25-18-15(10)17(22)19-16(20-18)11(2)23-14(21)8-4-6-13-7-5-9-24-13/h5,7,9,11H,4,6,8H2,1-3H3,(H,19,20,22)/t11-/m1/s1. The predicted octanol–water partition coefficient (Wildman–Crippen LogP) is 4.29. The molecule has 0 fully saturated rings. The summed E-state index contributed by atoms with van der Waals surface area (Å²) in [6.07, 6.45) is 1.40. The fraction of sp³-hybridized carbons (Fsp3) is 0.389. The Morgan fingerprint density at radius 1 is 1.40 bits per heavy atom. The van der Waals surface area contributed by atoms with Gasteiger partial charge in [0.25, 0.3) is 5.56 Å². The Bertz CT molecular complexity index is 941. The van der Waals surface area contributed by atoms with Crippen LogP contribution < -0.4 is 5.56 Å². The number of thiophene rings is 2. The molecule has 0 amide bonds. The molecule has 0 saturated carbocycles. The van der Waals surface area contributed by atoms with E-state index >= 15 is 0 Å². The number of aromatic nitrogens is 2. The molecular weight excluding hydrogens is 356 g/mol. The zero-order valence-electron chi connectivity index (χ0n) is 14.4. The maximum absolute atomic E-state index is 12.3. The molecule has 5 nitrogen and oxygen atoms in total. The highest BCUT2D eigenvalue weighted by Crippen LogP contribution is 2.27. The number of nitrogens with zero attached hydrogens (tertiary/aromatic N) is 1. The average Bonchev–Trinajstić information content (AvgIpc) is 3.16. The number of esters is 1. The van der Waals surface area contributed by atoms with Gasteiger partial charge < -0.3 is 9.72 Å². The lowest BCUT2D eigenvalue weighted by atomic mass is 10.2. The molecule has 0 unspecified atom stereocenters. The van der Waals surface area contributed by atoms with Crippen LogP contribution in [0.2, 0.25) is 0 Å². The first-order chi connectivity index (χ1) is 12.0. The zero-order chi connectivity index (χ0) is 18.0. The second-order valence-corrected chi connectivity index (χ2v) is 8.22. The smallest absolute Gasteiger partial charge is 0.306 e. The molecule has 1 N–H and O–H groups in total. The zero-order valence-corrected chi connectivity index (χ0v) is 16.1. The lowest BCUT2D eigenvalue weighted by Gasteiger charge is -2.12. The number of carbonyl (C=O) groups excluding carboxylic acids is 1. The number of aromatic amines is 1. The first-order valence-corrected chi connectivity index (χ1v) is 9.87. The molecule has 0 aliphatic carbocycles. The number of fused-ring (bicyclic) bond motifs is 1. The minimum Gasteiger partial charge on any atom is -0.454 e. The maximum atomic E-state index is 12.3. The molecule has 1 atom stereocenters. The summed E-state index contributed by atoms with van der Waals surface area (Å²) in [6.45, 7) is 5.62. The molecule has 3 aromatic heterocycles. The predicted molar refractivity (Wildman–Crippen MR) is 101 cm³/mol. The van der Waals surface area contributed by atoms with Crippen LogP contribution in [0.4, 0.5) is 0 Å². The number of hydrogen-bond acceptors (Lipinski definition) is 6. The average molecular weight is 377 g/mol. The van der Waals surface area contributed by atoms with Gasteiger partial charge in [-0.05, 0) is 50.6 Å². The van der Waals surface area contributed by atoms with E-state index in [-0.39, 0.29) is 11.5 Å². The Labute approximate surface area is 153 Å². The molecule has 0 radical (unpaired) electrons. The number of aryl methyl sites for hydroxylation is 3. The van der Waals surface area contributed by atoms with Crippen molar-refractivity contribution in [2.45, 2.75) is 46.1 Å². The Morgan fingerprint density at radius 2 is 2.20 bits per heavy atom. The Balaban J connectivity index is 1.64. The molecule has 0 spiro atoms. The van der Waals surface area contributed by atoms with Gasteiger partial charge in [0, 0.05) is 16.2 Å². The molecule has 0 bridgehead atoms. The third-order valence-corrected chi connectivity index (χ3v) is 6.17. The highest BCUT2D eigenvalue weighted by Gasteiger charge is 2.18. The van der Waals surface area contributed by atoms with Gasteiger partial charge in [-0.25, -0.2) is 4.98 Å². The lowest BCUT2D eigenvalue weighted by Crippen LogP contribution is -2.17. The number of nitrogens with one attached hydrogen (secondary N) is 1.